The van der Waals surface area contributed by atoms with Crippen LogP contribution in [-0.4, -0.2) is 18.5 Å². The molecule has 0 aromatic rings. The molecule has 9 nitrogen and oxygen atoms in total. The zero-order valence-corrected chi connectivity index (χ0v) is 12.5. The van der Waals surface area contributed by atoms with Gasteiger partial charge in [0.1, 0.15) is 0 Å². The Morgan fingerprint density at radius 3 is 0.500 bits per heavy atom. The Labute approximate surface area is 144 Å². The largest absolute Gasteiger partial charge is 3.00 e. The summed E-state index contributed by atoms with van der Waals surface area (Å²) in [5, 5.41) is 50.0. The molecule has 0 saturated carbocycles. The fourth-order valence-electron chi connectivity index (χ4n) is 0. The molecular formula is C3Ce2O9. The fourth-order valence-corrected chi connectivity index (χ4v) is 0. The molecule has 11 heteroatoms. The molecule has 0 saturated heterocycles. The number of carbonyl (C=O) groups excluding carboxylic acids is 3. The van der Waals surface area contributed by atoms with E-state index in [2.05, 4.69) is 0 Å². The minimum atomic E-state index is -2.33. The Bertz CT molecular complexity index is 116. The molecule has 0 bridgehead atoms. The fraction of sp³-hybridized carbons (Fsp3) is 0. The van der Waals surface area contributed by atoms with Crippen LogP contribution in [0.5, 0.6) is 0 Å². The molecule has 0 aromatic heterocycles. The van der Waals surface area contributed by atoms with Crippen LogP contribution in [0, 0.1) is 83.5 Å². The van der Waals surface area contributed by atoms with Gasteiger partial charge in [-0.1, -0.05) is 0 Å². The van der Waals surface area contributed by atoms with Gasteiger partial charge in [-0.3, -0.25) is 0 Å². The monoisotopic (exact) mass is 460 g/mol. The molecule has 0 atom stereocenters. The second kappa shape index (κ2) is 23.4. The molecule has 0 aliphatic heterocycles. The van der Waals surface area contributed by atoms with Crippen molar-refractivity contribution in [2.75, 3.05) is 0 Å². The Hall–Kier alpha value is 0.563. The molecule has 2 radical (unpaired) electrons. The second-order valence-electron chi connectivity index (χ2n) is 0.750. The van der Waals surface area contributed by atoms with Gasteiger partial charge in [-0.25, -0.2) is 0 Å². The molecule has 0 N–H and O–H groups in total. The first kappa shape index (κ1) is 29.3. The Morgan fingerprint density at radius 2 is 0.500 bits per heavy atom. The summed E-state index contributed by atoms with van der Waals surface area (Å²) in [6.45, 7) is 0. The van der Waals surface area contributed by atoms with Crippen molar-refractivity contribution >= 4 is 18.5 Å². The van der Waals surface area contributed by atoms with Crippen molar-refractivity contribution in [1.29, 1.82) is 0 Å². The first-order valence-corrected chi connectivity index (χ1v) is 1.84. The van der Waals surface area contributed by atoms with E-state index in [1.54, 1.807) is 0 Å². The van der Waals surface area contributed by atoms with E-state index < -0.39 is 18.5 Å². The van der Waals surface area contributed by atoms with Crippen molar-refractivity contribution in [3.05, 3.63) is 0 Å². The molecule has 0 unspecified atom stereocenters. The number of hydrogen-bond acceptors (Lipinski definition) is 9. The number of rotatable bonds is 0. The zero-order valence-electron chi connectivity index (χ0n) is 6.17. The van der Waals surface area contributed by atoms with Crippen molar-refractivity contribution in [1.82, 2.24) is 0 Å². The van der Waals surface area contributed by atoms with Gasteiger partial charge in [-0.2, -0.15) is 0 Å². The maximum atomic E-state index is 8.33. The average Bonchev–Trinajstić information content (AvgIpc) is 1.54. The van der Waals surface area contributed by atoms with Crippen molar-refractivity contribution in [2.24, 2.45) is 0 Å². The van der Waals surface area contributed by atoms with Crippen LogP contribution in [0.1, 0.15) is 0 Å². The van der Waals surface area contributed by atoms with E-state index in [-0.39, 0.29) is 83.5 Å². The van der Waals surface area contributed by atoms with Gasteiger partial charge in [0.15, 0.2) is 0 Å². The third-order valence-corrected chi connectivity index (χ3v) is 0. The minimum Gasteiger partial charge on any atom is -0.652 e. The van der Waals surface area contributed by atoms with Gasteiger partial charge in [0.25, 0.3) is 0 Å². The van der Waals surface area contributed by atoms with Crippen LogP contribution in [0.2, 0.25) is 0 Å². The predicted octanol–water partition coefficient (Wildman–Crippen LogP) is -7.34. The smallest absolute Gasteiger partial charge is 0.652 e. The van der Waals surface area contributed by atoms with E-state index in [4.69, 9.17) is 45.0 Å². The van der Waals surface area contributed by atoms with Gasteiger partial charge in [0.2, 0.25) is 0 Å². The van der Waals surface area contributed by atoms with Crippen LogP contribution in [0.4, 0.5) is 14.4 Å². The molecule has 0 fully saturated rings. The summed E-state index contributed by atoms with van der Waals surface area (Å²) >= 11 is 0. The van der Waals surface area contributed by atoms with E-state index in [0.29, 0.717) is 0 Å². The van der Waals surface area contributed by atoms with Crippen LogP contribution in [-0.2, 0) is 0 Å². The maximum absolute atomic E-state index is 8.33. The Balaban J connectivity index is -0.0000000270. The molecule has 0 rings (SSSR count). The van der Waals surface area contributed by atoms with Crippen LogP contribution < -0.4 is 30.6 Å². The number of carbonyl (C=O) groups is 3. The third kappa shape index (κ3) is 5290. The molecule has 0 heterocycles. The van der Waals surface area contributed by atoms with Gasteiger partial charge in [0.05, 0.1) is 0 Å². The SMILES string of the molecule is O=C([O-])[O-].O=C([O-])[O-].O=C([O-])[O-].[Ce+3].[Ce+3]. The molecular weight excluding hydrogens is 460 g/mol. The van der Waals surface area contributed by atoms with E-state index >= 15 is 0 Å². The summed E-state index contributed by atoms with van der Waals surface area (Å²) in [4.78, 5) is 25.0. The minimum absolute atomic E-state index is 0. The van der Waals surface area contributed by atoms with Crippen LogP contribution in [0.3, 0.4) is 0 Å². The maximum Gasteiger partial charge on any atom is 3.00 e. The quantitative estimate of drug-likeness (QED) is 0.338. The number of hydrogen-bond donors (Lipinski definition) is 0. The Kier molecular flexibility index (Phi) is 49.0. The summed E-state index contributed by atoms with van der Waals surface area (Å²) in [5.41, 5.74) is 0. The summed E-state index contributed by atoms with van der Waals surface area (Å²) in [7, 11) is 0. The number of carboxylic acid groups (broad SMARTS) is 6. The van der Waals surface area contributed by atoms with Gasteiger partial charge in [-0.15, -0.1) is 0 Å². The normalized spacial score (nSPS) is 5.14. The van der Waals surface area contributed by atoms with Crippen molar-refractivity contribution in [3.8, 4) is 0 Å². The topological polar surface area (TPSA) is 190 Å². The van der Waals surface area contributed by atoms with Gasteiger partial charge in [-0.05, 0) is 18.5 Å². The molecule has 0 aliphatic rings. The van der Waals surface area contributed by atoms with Crippen LogP contribution >= 0.6 is 0 Å². The van der Waals surface area contributed by atoms with Crippen molar-refractivity contribution < 1.29 is 129 Å². The van der Waals surface area contributed by atoms with Gasteiger partial charge >= 0.3 is 83.5 Å². The first-order chi connectivity index (χ1) is 5.20. The first-order valence-electron chi connectivity index (χ1n) is 1.84. The van der Waals surface area contributed by atoms with E-state index in [1.165, 1.54) is 0 Å². The standard InChI is InChI=1S/3CH2O3.2Ce/c3*2-1(3)4;;/h3*(H2,2,3,4);;/q;;;2*+3/p-6. The van der Waals surface area contributed by atoms with E-state index in [9.17, 15) is 0 Å². The van der Waals surface area contributed by atoms with Gasteiger partial charge in [0, 0.05) is 0 Å². The molecule has 14 heavy (non-hydrogen) atoms. The molecule has 0 aromatic carbocycles. The van der Waals surface area contributed by atoms with Crippen molar-refractivity contribution in [3.63, 3.8) is 0 Å². The second-order valence-corrected chi connectivity index (χ2v) is 0.750. The summed E-state index contributed by atoms with van der Waals surface area (Å²) in [6.07, 6.45) is -7.00. The summed E-state index contributed by atoms with van der Waals surface area (Å²) in [6, 6.07) is 0. The molecule has 0 spiro atoms. The summed E-state index contributed by atoms with van der Waals surface area (Å²) < 4.78 is 0. The summed E-state index contributed by atoms with van der Waals surface area (Å²) in [5.74, 6) is 0. The van der Waals surface area contributed by atoms with E-state index in [1.807, 2.05) is 0 Å². The van der Waals surface area contributed by atoms with Crippen LogP contribution in [0.25, 0.3) is 0 Å². The molecule has 0 amide bonds. The van der Waals surface area contributed by atoms with Crippen LogP contribution in [0.15, 0.2) is 0 Å². The average molecular weight is 460 g/mol. The molecule has 74 valence electrons. The van der Waals surface area contributed by atoms with E-state index in [0.717, 1.165) is 0 Å². The van der Waals surface area contributed by atoms with Crippen molar-refractivity contribution in [2.45, 2.75) is 0 Å². The predicted molar refractivity (Wildman–Crippen MR) is 16.2 cm³/mol. The third-order valence-electron chi connectivity index (χ3n) is 0. The zero-order chi connectivity index (χ0) is 10.7. The molecule has 0 aliphatic carbocycles. The Morgan fingerprint density at radius 1 is 0.500 bits per heavy atom. The van der Waals surface area contributed by atoms with Gasteiger partial charge < -0.3 is 45.0 Å².